The Kier molecular flexibility index (Phi) is 0.881. The van der Waals surface area contributed by atoms with Gasteiger partial charge in [-0.1, -0.05) is 0 Å². The van der Waals surface area contributed by atoms with Gasteiger partial charge in [0.25, 0.3) is 0 Å². The number of hydrogen-bond acceptors (Lipinski definition) is 3. The van der Waals surface area contributed by atoms with Gasteiger partial charge in [0.1, 0.15) is 12.5 Å². The first-order valence-electron chi connectivity index (χ1n) is 3.61. The topological polar surface area (TPSA) is 70.3 Å². The van der Waals surface area contributed by atoms with E-state index in [2.05, 4.69) is 15.0 Å². The number of fused-ring (bicyclic) bond motifs is 1. The number of aryl methyl sites for hydroxylation is 1. The van der Waals surface area contributed by atoms with Crippen molar-refractivity contribution in [3.05, 3.63) is 18.1 Å². The molecule has 0 radical (unpaired) electrons. The van der Waals surface area contributed by atoms with E-state index in [9.17, 15) is 0 Å². The van der Waals surface area contributed by atoms with Crippen molar-refractivity contribution in [2.75, 3.05) is 0 Å². The maximum Gasteiger partial charge on any atom is 0.176 e. The molecule has 0 aliphatic carbocycles. The summed E-state index contributed by atoms with van der Waals surface area (Å²) in [4.78, 5) is 10.3. The normalized spacial score (nSPS) is 11.9. The van der Waals surface area contributed by atoms with E-state index in [0.717, 1.165) is 0 Å². The van der Waals surface area contributed by atoms with Crippen LogP contribution in [0.3, 0.4) is 0 Å². The fraction of sp³-hybridized carbons (Fsp3) is 0.167. The highest BCUT2D eigenvalue weighted by Gasteiger charge is 1.99. The number of nitrogens with one attached hydrogen (secondary N) is 2. The summed E-state index contributed by atoms with van der Waals surface area (Å²) in [5.74, 6) is 0. The summed E-state index contributed by atoms with van der Waals surface area (Å²) >= 11 is 0. The van der Waals surface area contributed by atoms with Crippen LogP contribution in [-0.4, -0.2) is 19.5 Å². The van der Waals surface area contributed by atoms with E-state index in [1.54, 1.807) is 17.9 Å². The average molecular weight is 150 g/mol. The zero-order valence-electron chi connectivity index (χ0n) is 6.92. The van der Waals surface area contributed by atoms with Crippen molar-refractivity contribution < 1.29 is 1.37 Å². The first-order chi connectivity index (χ1) is 5.68. The van der Waals surface area contributed by atoms with Gasteiger partial charge in [-0.2, -0.15) is 0 Å². The minimum absolute atomic E-state index is 0.0175. The largest absolute Gasteiger partial charge is 0.330 e. The Bertz CT molecular complexity index is 482. The van der Waals surface area contributed by atoms with Gasteiger partial charge in [-0.05, 0) is 0 Å². The molecule has 0 atom stereocenters. The zero-order chi connectivity index (χ0) is 8.72. The molecule has 0 fully saturated rings. The molecule has 2 heterocycles. The number of nitrogens with zero attached hydrogens (tertiary/aromatic N) is 3. The molecule has 0 spiro atoms. The standard InChI is InChI=1S/C6H7N5/c1-11-3-10-4-5(7)8-2-9-6(4)11/h2-3H,1H3,(H2,7,8,9)/i2D. The monoisotopic (exact) mass is 150 g/mol. The van der Waals surface area contributed by atoms with Gasteiger partial charge in [-0.3, -0.25) is 5.41 Å². The Morgan fingerprint density at radius 3 is 3.36 bits per heavy atom. The lowest BCUT2D eigenvalue weighted by Crippen LogP contribution is -2.06. The molecule has 0 aliphatic rings. The third-order valence-electron chi connectivity index (χ3n) is 1.50. The molecule has 11 heavy (non-hydrogen) atoms. The molecule has 2 rings (SSSR count). The minimum atomic E-state index is -0.0175. The predicted molar refractivity (Wildman–Crippen MR) is 38.7 cm³/mol. The van der Waals surface area contributed by atoms with Crippen LogP contribution in [0, 0.1) is 5.41 Å². The molecule has 0 amide bonds. The summed E-state index contributed by atoms with van der Waals surface area (Å²) in [6.45, 7) is 0. The average Bonchev–Trinajstić information content (AvgIpc) is 2.33. The lowest BCUT2D eigenvalue weighted by atomic mass is 10.5. The van der Waals surface area contributed by atoms with Crippen molar-refractivity contribution >= 4 is 11.2 Å². The molecule has 0 unspecified atom stereocenters. The molecule has 56 valence electrons. The number of aromatic amines is 1. The molecule has 5 heteroatoms. The lowest BCUT2D eigenvalue weighted by Gasteiger charge is -1.91. The van der Waals surface area contributed by atoms with Crippen molar-refractivity contribution in [2.24, 2.45) is 7.05 Å². The van der Waals surface area contributed by atoms with Gasteiger partial charge >= 0.3 is 0 Å². The molecule has 2 aromatic heterocycles. The van der Waals surface area contributed by atoms with Crippen molar-refractivity contribution in [2.45, 2.75) is 0 Å². The fourth-order valence-corrected chi connectivity index (χ4v) is 0.941. The van der Waals surface area contributed by atoms with Gasteiger partial charge in [-0.25, -0.2) is 9.97 Å². The molecule has 0 bridgehead atoms. The molecule has 0 aliphatic heterocycles. The van der Waals surface area contributed by atoms with Crippen molar-refractivity contribution in [3.63, 3.8) is 0 Å². The number of hydrogen-bond donors (Lipinski definition) is 2. The highest BCUT2D eigenvalue weighted by atomic mass is 15.1. The van der Waals surface area contributed by atoms with E-state index in [1.807, 2.05) is 0 Å². The van der Waals surface area contributed by atoms with E-state index in [-0.39, 0.29) is 11.8 Å². The summed E-state index contributed by atoms with van der Waals surface area (Å²) in [5, 5.41) is 7.39. The quantitative estimate of drug-likeness (QED) is 0.544. The summed E-state index contributed by atoms with van der Waals surface area (Å²) in [7, 11) is 1.80. The SMILES string of the molecule is [2H]c1nc(=N)c2ncn(C)c2[nH]1. The second-order valence-corrected chi connectivity index (χ2v) is 2.25. The van der Waals surface area contributed by atoms with Crippen LogP contribution in [-0.2, 0) is 7.05 Å². The Hall–Kier alpha value is -1.65. The van der Waals surface area contributed by atoms with Crippen LogP contribution in [0.25, 0.3) is 11.2 Å². The first kappa shape index (κ1) is 5.06. The van der Waals surface area contributed by atoms with Gasteiger partial charge in [0.15, 0.2) is 5.49 Å². The summed E-state index contributed by atoms with van der Waals surface area (Å²) in [5.41, 5.74) is 1.18. The predicted octanol–water partition coefficient (Wildman–Crippen LogP) is -0.224. The number of imidazole rings is 1. The van der Waals surface area contributed by atoms with Gasteiger partial charge in [0, 0.05) is 7.05 Å². The van der Waals surface area contributed by atoms with Crippen LogP contribution in [0.4, 0.5) is 0 Å². The van der Waals surface area contributed by atoms with Crippen molar-refractivity contribution in [1.82, 2.24) is 19.5 Å². The van der Waals surface area contributed by atoms with Crippen LogP contribution in [0.5, 0.6) is 0 Å². The van der Waals surface area contributed by atoms with Gasteiger partial charge < -0.3 is 9.55 Å². The highest BCUT2D eigenvalue weighted by Crippen LogP contribution is 1.99. The number of aromatic nitrogens is 4. The van der Waals surface area contributed by atoms with Gasteiger partial charge in [0.05, 0.1) is 12.6 Å². The Balaban J connectivity index is 3.03. The Morgan fingerprint density at radius 2 is 2.55 bits per heavy atom. The molecular weight excluding hydrogens is 142 g/mol. The van der Waals surface area contributed by atoms with Crippen molar-refractivity contribution in [1.29, 1.82) is 5.41 Å². The lowest BCUT2D eigenvalue weighted by molar-refractivity contribution is 0.925. The molecular formula is C6H7N5. The Morgan fingerprint density at radius 1 is 1.73 bits per heavy atom. The molecule has 2 N–H and O–H groups in total. The Labute approximate surface area is 63.6 Å². The minimum Gasteiger partial charge on any atom is -0.330 e. The highest BCUT2D eigenvalue weighted by molar-refractivity contribution is 5.67. The number of H-pyrrole nitrogens is 1. The third kappa shape index (κ3) is 0.739. The zero-order valence-corrected chi connectivity index (χ0v) is 5.92. The molecule has 2 aromatic rings. The van der Waals surface area contributed by atoms with E-state index in [1.165, 1.54) is 0 Å². The van der Waals surface area contributed by atoms with Crippen LogP contribution in [0.1, 0.15) is 1.37 Å². The molecule has 0 aromatic carbocycles. The van der Waals surface area contributed by atoms with E-state index in [4.69, 9.17) is 6.78 Å². The van der Waals surface area contributed by atoms with Crippen LogP contribution >= 0.6 is 0 Å². The summed E-state index contributed by atoms with van der Waals surface area (Å²) in [6.07, 6.45) is 1.57. The van der Waals surface area contributed by atoms with Crippen LogP contribution in [0.2, 0.25) is 0 Å². The molecule has 0 saturated heterocycles. The third-order valence-corrected chi connectivity index (χ3v) is 1.50. The first-order valence-corrected chi connectivity index (χ1v) is 3.11. The van der Waals surface area contributed by atoms with Gasteiger partial charge in [0.2, 0.25) is 0 Å². The summed E-state index contributed by atoms with van der Waals surface area (Å²) in [6, 6.07) is 0. The summed E-state index contributed by atoms with van der Waals surface area (Å²) < 4.78 is 8.94. The second kappa shape index (κ2) is 1.91. The van der Waals surface area contributed by atoms with Gasteiger partial charge in [-0.15, -0.1) is 0 Å². The van der Waals surface area contributed by atoms with E-state index < -0.39 is 0 Å². The second-order valence-electron chi connectivity index (χ2n) is 2.25. The van der Waals surface area contributed by atoms with Crippen LogP contribution in [0.15, 0.2) is 12.6 Å². The number of rotatable bonds is 0. The smallest absolute Gasteiger partial charge is 0.176 e. The molecule has 5 nitrogen and oxygen atoms in total. The fourth-order valence-electron chi connectivity index (χ4n) is 0.941. The van der Waals surface area contributed by atoms with E-state index >= 15 is 0 Å². The van der Waals surface area contributed by atoms with Crippen LogP contribution < -0.4 is 5.49 Å². The van der Waals surface area contributed by atoms with Crippen molar-refractivity contribution in [3.8, 4) is 0 Å². The molecule has 0 saturated carbocycles. The van der Waals surface area contributed by atoms with E-state index in [0.29, 0.717) is 11.2 Å². The maximum absolute atomic E-state index is 7.39. The maximum atomic E-state index is 7.39.